The monoisotopic (exact) mass is 218 g/mol. The lowest BCUT2D eigenvalue weighted by molar-refractivity contribution is -0.439. The molecule has 0 atom stereocenters. The second-order valence-corrected chi connectivity index (χ2v) is 2.07. The second-order valence-electron chi connectivity index (χ2n) is 2.07. The van der Waals surface area contributed by atoms with Crippen LogP contribution in [0, 0.1) is 12.7 Å². The normalized spacial score (nSPS) is 7.93. The maximum atomic E-state index is 12.4. The molecule has 88 valence electrons. The molecule has 0 unspecified atom stereocenters. The number of halogens is 1. The predicted octanol–water partition coefficient (Wildman–Crippen LogP) is 3.97. The number of hydrogen-bond acceptors (Lipinski definition) is 3. The van der Waals surface area contributed by atoms with Crippen molar-refractivity contribution in [1.29, 1.82) is 0 Å². The number of hydrogen-bond donors (Lipinski definition) is 1. The van der Waals surface area contributed by atoms with Crippen molar-refractivity contribution in [3.05, 3.63) is 29.6 Å². The Kier molecular flexibility index (Phi) is 11.9. The average molecular weight is 218 g/mol. The first-order chi connectivity index (χ1) is 7.24. The van der Waals surface area contributed by atoms with E-state index in [0.717, 1.165) is 0 Å². The highest BCUT2D eigenvalue weighted by molar-refractivity contribution is 5.31. The van der Waals surface area contributed by atoms with Crippen molar-refractivity contribution >= 4 is 0 Å². The van der Waals surface area contributed by atoms with Crippen molar-refractivity contribution in [2.75, 3.05) is 0 Å². The zero-order valence-corrected chi connectivity index (χ0v) is 9.87. The van der Waals surface area contributed by atoms with Crippen LogP contribution in [0.25, 0.3) is 0 Å². The van der Waals surface area contributed by atoms with Crippen LogP contribution in [-0.2, 0) is 5.04 Å². The van der Waals surface area contributed by atoms with Gasteiger partial charge in [-0.25, -0.2) is 9.65 Å². The van der Waals surface area contributed by atoms with E-state index in [2.05, 4.69) is 9.93 Å². The van der Waals surface area contributed by atoms with Gasteiger partial charge in [0.2, 0.25) is 0 Å². The minimum Gasteiger partial charge on any atom is -0.308 e. The van der Waals surface area contributed by atoms with Gasteiger partial charge in [0.05, 0.1) is 0 Å². The van der Waals surface area contributed by atoms with Crippen LogP contribution >= 0.6 is 0 Å². The van der Waals surface area contributed by atoms with Crippen LogP contribution in [0.2, 0.25) is 0 Å². The largest absolute Gasteiger partial charge is 0.308 e. The summed E-state index contributed by atoms with van der Waals surface area (Å²) in [6.07, 6.45) is 0. The summed E-state index contributed by atoms with van der Waals surface area (Å²) in [5, 5.41) is 11.3. The Hall–Kier alpha value is -1.13. The van der Waals surface area contributed by atoms with Crippen LogP contribution in [0.3, 0.4) is 0 Å². The van der Waals surface area contributed by atoms with E-state index in [4.69, 9.17) is 5.26 Å². The molecule has 4 heteroatoms. The maximum absolute atomic E-state index is 12.4. The Balaban J connectivity index is 0. The molecule has 0 fully saturated rings. The molecular formula is C11H19FO3. The quantitative estimate of drug-likeness (QED) is 0.603. The van der Waals surface area contributed by atoms with Gasteiger partial charge in [0, 0.05) is 0 Å². The predicted molar refractivity (Wildman–Crippen MR) is 58.2 cm³/mol. The first-order valence-electron chi connectivity index (χ1n) is 4.98. The van der Waals surface area contributed by atoms with E-state index in [0.29, 0.717) is 5.56 Å². The molecule has 0 radical (unpaired) electrons. The van der Waals surface area contributed by atoms with Gasteiger partial charge in [-0.3, -0.25) is 0 Å². The molecule has 3 nitrogen and oxygen atoms in total. The van der Waals surface area contributed by atoms with Gasteiger partial charge in [-0.15, -0.1) is 0 Å². The summed E-state index contributed by atoms with van der Waals surface area (Å²) < 4.78 is 12.4. The zero-order chi connectivity index (χ0) is 12.3. The lowest BCUT2D eigenvalue weighted by atomic mass is 10.2. The standard InChI is InChI=1S/C7H7FO3.2C2H6/c1-5-4-6(8)2-3-7(5)10-11-9;2*1-2/h2-4,9H,1H3;2*1-2H3. The van der Waals surface area contributed by atoms with Gasteiger partial charge in [-0.2, -0.15) is 0 Å². The van der Waals surface area contributed by atoms with Gasteiger partial charge >= 0.3 is 0 Å². The summed E-state index contributed by atoms with van der Waals surface area (Å²) in [5.41, 5.74) is 0.555. The van der Waals surface area contributed by atoms with Crippen molar-refractivity contribution in [1.82, 2.24) is 0 Å². The van der Waals surface area contributed by atoms with Crippen molar-refractivity contribution in [2.45, 2.75) is 34.6 Å². The molecule has 0 bridgehead atoms. The molecule has 1 rings (SSSR count). The molecule has 15 heavy (non-hydrogen) atoms. The van der Waals surface area contributed by atoms with Gasteiger partial charge < -0.3 is 4.89 Å². The Morgan fingerprint density at radius 1 is 1.13 bits per heavy atom. The summed E-state index contributed by atoms with van der Waals surface area (Å²) in [4.78, 5) is 4.28. The second kappa shape index (κ2) is 10.9. The Bertz CT molecular complexity index is 252. The molecule has 0 aliphatic rings. The third-order valence-electron chi connectivity index (χ3n) is 1.26. The van der Waals surface area contributed by atoms with E-state index in [9.17, 15) is 4.39 Å². The highest BCUT2D eigenvalue weighted by Gasteiger charge is 2.00. The Morgan fingerprint density at radius 3 is 2.07 bits per heavy atom. The lowest BCUT2D eigenvalue weighted by Crippen LogP contribution is -1.93. The van der Waals surface area contributed by atoms with Gasteiger partial charge in [0.1, 0.15) is 5.82 Å². The Labute approximate surface area is 90.3 Å². The molecule has 0 amide bonds. The van der Waals surface area contributed by atoms with Crippen molar-refractivity contribution in [3.8, 4) is 5.75 Å². The molecule has 0 aromatic heterocycles. The van der Waals surface area contributed by atoms with Gasteiger partial charge in [-0.05, 0) is 35.7 Å². The van der Waals surface area contributed by atoms with E-state index in [1.807, 2.05) is 27.7 Å². The van der Waals surface area contributed by atoms with Crippen LogP contribution in [0.4, 0.5) is 4.39 Å². The molecule has 1 aromatic rings. The van der Waals surface area contributed by atoms with E-state index in [1.165, 1.54) is 18.2 Å². The maximum Gasteiger partial charge on any atom is 0.171 e. The molecule has 0 aliphatic heterocycles. The highest BCUT2D eigenvalue weighted by Crippen LogP contribution is 2.17. The zero-order valence-electron chi connectivity index (χ0n) is 9.87. The highest BCUT2D eigenvalue weighted by atomic mass is 19.1. The van der Waals surface area contributed by atoms with Crippen LogP contribution < -0.4 is 4.89 Å². The molecular weight excluding hydrogens is 199 g/mol. The summed E-state index contributed by atoms with van der Waals surface area (Å²) >= 11 is 0. The fourth-order valence-electron chi connectivity index (χ4n) is 0.746. The molecule has 1 N–H and O–H groups in total. The molecule has 0 saturated carbocycles. The smallest absolute Gasteiger partial charge is 0.171 e. The number of aryl methyl sites for hydroxylation is 1. The number of benzene rings is 1. The summed E-state index contributed by atoms with van der Waals surface area (Å²) in [5.74, 6) is -0.0679. The molecule has 1 aromatic carbocycles. The minimum absolute atomic E-state index is 0.286. The molecule has 0 saturated heterocycles. The van der Waals surface area contributed by atoms with Crippen molar-refractivity contribution < 1.29 is 19.6 Å². The first kappa shape index (κ1) is 16.3. The van der Waals surface area contributed by atoms with Crippen molar-refractivity contribution in [3.63, 3.8) is 0 Å². The third kappa shape index (κ3) is 6.88. The van der Waals surface area contributed by atoms with Crippen LogP contribution in [0.15, 0.2) is 18.2 Å². The van der Waals surface area contributed by atoms with Crippen LogP contribution in [0.5, 0.6) is 5.75 Å². The van der Waals surface area contributed by atoms with E-state index in [1.54, 1.807) is 6.92 Å². The van der Waals surface area contributed by atoms with Gasteiger partial charge in [-0.1, -0.05) is 27.7 Å². The summed E-state index contributed by atoms with van der Waals surface area (Å²) in [6, 6.07) is 3.84. The van der Waals surface area contributed by atoms with Crippen molar-refractivity contribution in [2.24, 2.45) is 0 Å². The Morgan fingerprint density at radius 2 is 1.67 bits per heavy atom. The summed E-state index contributed by atoms with van der Waals surface area (Å²) in [6.45, 7) is 9.64. The van der Waals surface area contributed by atoms with Crippen LogP contribution in [-0.4, -0.2) is 5.26 Å². The van der Waals surface area contributed by atoms with E-state index < -0.39 is 0 Å². The molecule has 0 heterocycles. The summed E-state index contributed by atoms with van der Waals surface area (Å²) in [7, 11) is 0. The molecule has 0 aliphatic carbocycles. The van der Waals surface area contributed by atoms with Crippen LogP contribution in [0.1, 0.15) is 33.3 Å². The van der Waals surface area contributed by atoms with Gasteiger partial charge in [0.25, 0.3) is 0 Å². The SMILES string of the molecule is CC.CC.Cc1cc(F)ccc1OOO. The average Bonchev–Trinajstić information content (AvgIpc) is 2.28. The van der Waals surface area contributed by atoms with Gasteiger partial charge in [0.15, 0.2) is 5.75 Å². The lowest BCUT2D eigenvalue weighted by Gasteiger charge is -2.01. The topological polar surface area (TPSA) is 38.7 Å². The van der Waals surface area contributed by atoms with E-state index >= 15 is 0 Å². The third-order valence-corrected chi connectivity index (χ3v) is 1.26. The van der Waals surface area contributed by atoms with E-state index in [-0.39, 0.29) is 11.6 Å². The number of rotatable bonds is 2. The fraction of sp³-hybridized carbons (Fsp3) is 0.455. The first-order valence-corrected chi connectivity index (χ1v) is 4.98. The molecule has 0 spiro atoms. The minimum atomic E-state index is -0.354. The fourth-order valence-corrected chi connectivity index (χ4v) is 0.746.